The summed E-state index contributed by atoms with van der Waals surface area (Å²) in [6.45, 7) is 0. The van der Waals surface area contributed by atoms with Crippen LogP contribution in [0.15, 0.2) is 187 Å². The smallest absolute Gasteiger partial charge is 0.0675 e. The molecular weight excluding hydrogens is 567 g/mol. The van der Waals surface area contributed by atoms with Gasteiger partial charge in [-0.3, -0.25) is 4.99 Å². The van der Waals surface area contributed by atoms with Crippen molar-refractivity contribution in [2.45, 2.75) is 5.92 Å². The van der Waals surface area contributed by atoms with Crippen LogP contribution in [0.1, 0.15) is 22.6 Å². The molecule has 8 aromatic carbocycles. The number of para-hydroxylation sites is 1. The van der Waals surface area contributed by atoms with E-state index in [1.165, 1.54) is 66.1 Å². The molecule has 0 fully saturated rings. The molecule has 0 radical (unpaired) electrons. The molecule has 1 aliphatic heterocycles. The maximum Gasteiger partial charge on any atom is 0.0675 e. The number of rotatable bonds is 5. The molecule has 47 heavy (non-hydrogen) atoms. The van der Waals surface area contributed by atoms with Gasteiger partial charge in [-0.15, -0.1) is 0 Å². The first kappa shape index (κ1) is 27.3. The number of fused-ring (bicyclic) bond motifs is 3. The average Bonchev–Trinajstić information content (AvgIpc) is 3.54. The summed E-state index contributed by atoms with van der Waals surface area (Å²) in [5, 5.41) is 4.99. The first-order chi connectivity index (χ1) is 23.3. The van der Waals surface area contributed by atoms with Gasteiger partial charge in [-0.2, -0.15) is 0 Å². The summed E-state index contributed by atoms with van der Waals surface area (Å²) in [5.74, 6) is 0.0792. The molecule has 0 aliphatic carbocycles. The van der Waals surface area contributed by atoms with Gasteiger partial charge < -0.3 is 0 Å². The molecule has 220 valence electrons. The van der Waals surface area contributed by atoms with E-state index in [4.69, 9.17) is 4.99 Å². The summed E-state index contributed by atoms with van der Waals surface area (Å²) in [5.41, 5.74) is 13.2. The Balaban J connectivity index is 1.30. The van der Waals surface area contributed by atoms with Gasteiger partial charge in [0.1, 0.15) is 0 Å². The maximum atomic E-state index is 5.29. The van der Waals surface area contributed by atoms with E-state index in [-0.39, 0.29) is 5.92 Å². The van der Waals surface area contributed by atoms with Crippen LogP contribution in [0, 0.1) is 0 Å². The number of benzene rings is 8. The summed E-state index contributed by atoms with van der Waals surface area (Å²) in [7, 11) is 0. The molecule has 0 saturated carbocycles. The number of hydrogen-bond donors (Lipinski definition) is 0. The van der Waals surface area contributed by atoms with E-state index >= 15 is 0 Å². The third kappa shape index (κ3) is 4.67. The molecule has 1 aliphatic rings. The van der Waals surface area contributed by atoms with Gasteiger partial charge in [0.05, 0.1) is 17.3 Å². The molecular formula is C46H31N. The Labute approximate surface area is 275 Å². The number of hydrogen-bond acceptors (Lipinski definition) is 1. The van der Waals surface area contributed by atoms with Crippen LogP contribution in [0.4, 0.5) is 5.69 Å². The van der Waals surface area contributed by atoms with Crippen molar-refractivity contribution in [3.8, 4) is 33.4 Å². The van der Waals surface area contributed by atoms with Gasteiger partial charge in [-0.05, 0) is 83.7 Å². The molecule has 0 aromatic heterocycles. The van der Waals surface area contributed by atoms with Crippen LogP contribution < -0.4 is 0 Å². The van der Waals surface area contributed by atoms with Gasteiger partial charge in [0.15, 0.2) is 0 Å². The zero-order valence-electron chi connectivity index (χ0n) is 25.8. The normalized spacial score (nSPS) is 13.9. The van der Waals surface area contributed by atoms with Crippen LogP contribution in [0.2, 0.25) is 0 Å². The van der Waals surface area contributed by atoms with Gasteiger partial charge in [0.25, 0.3) is 0 Å². The minimum absolute atomic E-state index is 0.0792. The fourth-order valence-corrected chi connectivity index (χ4v) is 7.41. The van der Waals surface area contributed by atoms with Crippen molar-refractivity contribution in [2.24, 2.45) is 4.99 Å². The minimum Gasteiger partial charge on any atom is -0.252 e. The quantitative estimate of drug-likeness (QED) is 0.175. The fourth-order valence-electron chi connectivity index (χ4n) is 7.41. The van der Waals surface area contributed by atoms with Crippen molar-refractivity contribution in [3.05, 3.63) is 199 Å². The highest BCUT2D eigenvalue weighted by Crippen LogP contribution is 2.46. The van der Waals surface area contributed by atoms with Crippen LogP contribution in [0.5, 0.6) is 0 Å². The van der Waals surface area contributed by atoms with Gasteiger partial charge in [0, 0.05) is 0 Å². The monoisotopic (exact) mass is 597 g/mol. The molecule has 0 saturated heterocycles. The fraction of sp³-hybridized carbons (Fsp3) is 0.0217. The van der Waals surface area contributed by atoms with Crippen molar-refractivity contribution in [1.82, 2.24) is 0 Å². The molecule has 1 nitrogen and oxygen atoms in total. The third-order valence-electron chi connectivity index (χ3n) is 9.56. The van der Waals surface area contributed by atoms with Gasteiger partial charge >= 0.3 is 0 Å². The zero-order valence-corrected chi connectivity index (χ0v) is 25.8. The lowest BCUT2D eigenvalue weighted by Crippen LogP contribution is -2.11. The Bertz CT molecular complexity index is 2420. The Morgan fingerprint density at radius 1 is 0.340 bits per heavy atom. The molecule has 0 spiro atoms. The Kier molecular flexibility index (Phi) is 6.61. The first-order valence-electron chi connectivity index (χ1n) is 16.3. The molecule has 0 N–H and O–H groups in total. The lowest BCUT2D eigenvalue weighted by atomic mass is 9.82. The molecule has 8 aromatic rings. The second-order valence-electron chi connectivity index (χ2n) is 12.3. The molecule has 0 amide bonds. The van der Waals surface area contributed by atoms with E-state index in [1.54, 1.807) is 0 Å². The summed E-state index contributed by atoms with van der Waals surface area (Å²) in [6.07, 6.45) is 0. The van der Waals surface area contributed by atoms with Crippen LogP contribution in [0.3, 0.4) is 0 Å². The summed E-state index contributed by atoms with van der Waals surface area (Å²) >= 11 is 0. The largest absolute Gasteiger partial charge is 0.252 e. The summed E-state index contributed by atoms with van der Waals surface area (Å²) < 4.78 is 0. The molecule has 1 atom stereocenters. The Morgan fingerprint density at radius 3 is 1.51 bits per heavy atom. The Hall–Kier alpha value is -6.05. The molecule has 1 heteroatoms. The van der Waals surface area contributed by atoms with Gasteiger partial charge in [-0.25, -0.2) is 0 Å². The molecule has 9 rings (SSSR count). The van der Waals surface area contributed by atoms with Crippen LogP contribution in [0.25, 0.3) is 54.9 Å². The Morgan fingerprint density at radius 2 is 0.809 bits per heavy atom. The molecule has 0 bridgehead atoms. The zero-order chi connectivity index (χ0) is 31.2. The highest BCUT2D eigenvalue weighted by Gasteiger charge is 2.30. The highest BCUT2D eigenvalue weighted by atomic mass is 14.8. The van der Waals surface area contributed by atoms with Crippen LogP contribution >= 0.6 is 0 Å². The average molecular weight is 598 g/mol. The molecule has 1 unspecified atom stereocenters. The second-order valence-corrected chi connectivity index (χ2v) is 12.3. The third-order valence-corrected chi connectivity index (χ3v) is 9.56. The topological polar surface area (TPSA) is 12.4 Å². The summed E-state index contributed by atoms with van der Waals surface area (Å²) in [6, 6.07) is 65.8. The standard InChI is InChI=1S/C46H31N/c1-4-14-31(15-5-1)32-24-26-35(27-25-32)43-37-20-10-11-21-38(37)44(33-16-6-2-7-17-33)41-30-36(28-29-39(41)43)46-45(34-18-8-3-9-19-34)40-22-12-13-23-42(40)47-46/h1-30,45H. The highest BCUT2D eigenvalue weighted by molar-refractivity contribution is 6.23. The van der Waals surface area contributed by atoms with Gasteiger partial charge in [0.2, 0.25) is 0 Å². The lowest BCUT2D eigenvalue weighted by Gasteiger charge is -2.20. The SMILES string of the molecule is c1ccc(-c2ccc(-c3c4ccccc4c(-c4ccccc4)c4cc(C5=Nc6ccccc6C5c5ccccc5)ccc34)cc2)cc1. The van der Waals surface area contributed by atoms with Crippen molar-refractivity contribution >= 4 is 32.9 Å². The van der Waals surface area contributed by atoms with E-state index in [2.05, 4.69) is 182 Å². The van der Waals surface area contributed by atoms with E-state index in [9.17, 15) is 0 Å². The number of aliphatic imine (C=N–C) groups is 1. The van der Waals surface area contributed by atoms with E-state index in [1.807, 2.05) is 0 Å². The minimum atomic E-state index is 0.0792. The van der Waals surface area contributed by atoms with E-state index in [0.717, 1.165) is 17.0 Å². The van der Waals surface area contributed by atoms with Gasteiger partial charge in [-0.1, -0.05) is 170 Å². The van der Waals surface area contributed by atoms with Crippen molar-refractivity contribution in [2.75, 3.05) is 0 Å². The lowest BCUT2D eigenvalue weighted by molar-refractivity contribution is 1.11. The predicted molar refractivity (Wildman–Crippen MR) is 199 cm³/mol. The predicted octanol–water partition coefficient (Wildman–Crippen LogP) is 12.3. The van der Waals surface area contributed by atoms with Crippen LogP contribution in [-0.2, 0) is 0 Å². The maximum absolute atomic E-state index is 5.29. The van der Waals surface area contributed by atoms with Crippen molar-refractivity contribution < 1.29 is 0 Å². The number of nitrogens with zero attached hydrogens (tertiary/aromatic N) is 1. The summed E-state index contributed by atoms with van der Waals surface area (Å²) in [4.78, 5) is 5.29. The van der Waals surface area contributed by atoms with Crippen molar-refractivity contribution in [3.63, 3.8) is 0 Å². The van der Waals surface area contributed by atoms with Crippen LogP contribution in [-0.4, -0.2) is 5.71 Å². The molecule has 1 heterocycles. The van der Waals surface area contributed by atoms with E-state index in [0.29, 0.717) is 0 Å². The second kappa shape index (κ2) is 11.4. The van der Waals surface area contributed by atoms with Crippen molar-refractivity contribution in [1.29, 1.82) is 0 Å². The van der Waals surface area contributed by atoms with E-state index < -0.39 is 0 Å². The first-order valence-corrected chi connectivity index (χ1v) is 16.3.